The summed E-state index contributed by atoms with van der Waals surface area (Å²) >= 11 is 2.05. The lowest BCUT2D eigenvalue weighted by Crippen LogP contribution is -2.59. The minimum absolute atomic E-state index is 0. The molecule has 1 unspecified atom stereocenters. The summed E-state index contributed by atoms with van der Waals surface area (Å²) < 4.78 is 0. The normalized spacial score (nSPS) is 20.6. The highest BCUT2D eigenvalue weighted by Gasteiger charge is 2.38. The first kappa shape index (κ1) is 24.6. The summed E-state index contributed by atoms with van der Waals surface area (Å²) in [4.78, 5) is 15.1. The molecule has 1 aromatic carbocycles. The Morgan fingerprint density at radius 3 is 2.37 bits per heavy atom. The molecule has 3 N–H and O–H groups in total. The molecule has 0 radical (unpaired) electrons. The molecule has 1 saturated carbocycles. The average molecular weight is 434 g/mol. The molecule has 1 amide bonds. The largest absolute Gasteiger partial charge is 0.354 e. The van der Waals surface area contributed by atoms with Crippen LogP contribution in [-0.4, -0.2) is 47.5 Å². The topological polar surface area (TPSA) is 58.4 Å². The molecular formula is C20H33Cl2N3OS. The van der Waals surface area contributed by atoms with Gasteiger partial charge in [0, 0.05) is 49.1 Å². The van der Waals surface area contributed by atoms with Crippen molar-refractivity contribution in [2.75, 3.05) is 31.1 Å². The molecule has 1 aromatic rings. The van der Waals surface area contributed by atoms with Crippen LogP contribution in [0.1, 0.15) is 50.1 Å². The number of nitrogens with one attached hydrogen (secondary N) is 1. The lowest BCUT2D eigenvalue weighted by molar-refractivity contribution is -0.122. The molecule has 0 aromatic heterocycles. The Morgan fingerprint density at radius 1 is 1.11 bits per heavy atom. The van der Waals surface area contributed by atoms with E-state index in [4.69, 9.17) is 5.73 Å². The summed E-state index contributed by atoms with van der Waals surface area (Å²) in [6.07, 6.45) is 6.67. The summed E-state index contributed by atoms with van der Waals surface area (Å²) in [6.45, 7) is 3.09. The minimum Gasteiger partial charge on any atom is -0.354 e. The first-order chi connectivity index (χ1) is 12.2. The molecule has 7 heteroatoms. The number of nitrogens with zero attached hydrogens (tertiary/aromatic N) is 1. The van der Waals surface area contributed by atoms with E-state index < -0.39 is 0 Å². The highest BCUT2D eigenvalue weighted by Crippen LogP contribution is 2.34. The Morgan fingerprint density at radius 2 is 1.74 bits per heavy atom. The molecule has 2 fully saturated rings. The van der Waals surface area contributed by atoms with Crippen LogP contribution in [0.3, 0.4) is 0 Å². The lowest BCUT2D eigenvalue weighted by Gasteiger charge is -2.48. The molecule has 0 spiro atoms. The smallest absolute Gasteiger partial charge is 0.221 e. The highest BCUT2D eigenvalue weighted by atomic mass is 35.5. The molecule has 1 aliphatic heterocycles. The van der Waals surface area contributed by atoms with Gasteiger partial charge in [0.25, 0.3) is 0 Å². The van der Waals surface area contributed by atoms with Gasteiger partial charge in [-0.25, -0.2) is 0 Å². The number of halogens is 2. The molecule has 0 bridgehead atoms. The average Bonchev–Trinajstić information content (AvgIpc) is 2.68. The summed E-state index contributed by atoms with van der Waals surface area (Å²) in [5.74, 6) is 2.51. The predicted octanol–water partition coefficient (Wildman–Crippen LogP) is 3.79. The van der Waals surface area contributed by atoms with Crippen LogP contribution in [-0.2, 0) is 4.79 Å². The fourth-order valence-corrected chi connectivity index (χ4v) is 5.11. The second kappa shape index (κ2) is 12.2. The minimum atomic E-state index is -0.227. The zero-order chi connectivity index (χ0) is 17.5. The van der Waals surface area contributed by atoms with Crippen LogP contribution < -0.4 is 11.1 Å². The summed E-state index contributed by atoms with van der Waals surface area (Å²) in [7, 11) is 0. The van der Waals surface area contributed by atoms with Crippen LogP contribution >= 0.6 is 36.6 Å². The van der Waals surface area contributed by atoms with Crippen LogP contribution in [0.2, 0.25) is 0 Å². The van der Waals surface area contributed by atoms with Crippen LogP contribution in [0.5, 0.6) is 0 Å². The first-order valence-corrected chi connectivity index (χ1v) is 10.8. The van der Waals surface area contributed by atoms with Crippen molar-refractivity contribution in [3.8, 4) is 0 Å². The maximum Gasteiger partial charge on any atom is 0.221 e. The summed E-state index contributed by atoms with van der Waals surface area (Å²) in [5, 5.41) is 3.22. The number of carbonyl (C=O) groups excluding carboxylic acids is 1. The van der Waals surface area contributed by atoms with E-state index in [9.17, 15) is 4.79 Å². The van der Waals surface area contributed by atoms with Crippen molar-refractivity contribution in [1.29, 1.82) is 0 Å². The molecule has 3 rings (SSSR count). The fraction of sp³-hybridized carbons (Fsp3) is 0.650. The van der Waals surface area contributed by atoms with Gasteiger partial charge < -0.3 is 11.1 Å². The number of hydrogen-bond donors (Lipinski definition) is 2. The van der Waals surface area contributed by atoms with E-state index >= 15 is 0 Å². The Bertz CT molecular complexity index is 549. The van der Waals surface area contributed by atoms with E-state index in [-0.39, 0.29) is 42.3 Å². The molecule has 1 aliphatic carbocycles. The van der Waals surface area contributed by atoms with Crippen molar-refractivity contribution in [1.82, 2.24) is 10.2 Å². The summed E-state index contributed by atoms with van der Waals surface area (Å²) in [6, 6.07) is 9.67. The monoisotopic (exact) mass is 433 g/mol. The molecule has 154 valence electrons. The van der Waals surface area contributed by atoms with Gasteiger partial charge in [-0.15, -0.1) is 24.8 Å². The second-order valence-corrected chi connectivity index (χ2v) is 8.61. The van der Waals surface area contributed by atoms with Gasteiger partial charge in [0.05, 0.1) is 0 Å². The van der Waals surface area contributed by atoms with Crippen molar-refractivity contribution in [2.24, 2.45) is 5.73 Å². The van der Waals surface area contributed by atoms with Crippen molar-refractivity contribution in [2.45, 2.75) is 50.1 Å². The van der Waals surface area contributed by atoms with Gasteiger partial charge >= 0.3 is 0 Å². The number of amides is 1. The van der Waals surface area contributed by atoms with Gasteiger partial charge in [-0.2, -0.15) is 11.8 Å². The number of rotatable bonds is 6. The standard InChI is InChI=1S/C20H31N3OS.2ClH/c21-18(17-7-3-1-4-8-17)15-19(24)22-16-20(9-5-2-6-10-20)23-11-13-25-14-12-23;;/h1,3-4,7-8,18H,2,5-6,9-16,21H2,(H,22,24);2*1H. The Hall–Kier alpha value is -0.460. The van der Waals surface area contributed by atoms with Gasteiger partial charge in [0.2, 0.25) is 5.91 Å². The van der Waals surface area contributed by atoms with E-state index in [0.29, 0.717) is 6.42 Å². The Kier molecular flexibility index (Phi) is 11.1. The quantitative estimate of drug-likeness (QED) is 0.716. The summed E-state index contributed by atoms with van der Waals surface area (Å²) in [5.41, 5.74) is 7.40. The third-order valence-corrected chi connectivity index (χ3v) is 6.66. The Labute approximate surface area is 180 Å². The van der Waals surface area contributed by atoms with Crippen molar-refractivity contribution in [3.05, 3.63) is 35.9 Å². The predicted molar refractivity (Wildman–Crippen MR) is 120 cm³/mol. The van der Waals surface area contributed by atoms with Crippen LogP contribution in [0.4, 0.5) is 0 Å². The number of benzene rings is 1. The Balaban J connectivity index is 0.00000182. The SMILES string of the molecule is Cl.Cl.NC(CC(=O)NCC1(N2CCSCC2)CCCCC1)c1ccccc1. The number of carbonyl (C=O) groups is 1. The molecular weight excluding hydrogens is 401 g/mol. The second-order valence-electron chi connectivity index (χ2n) is 7.38. The third-order valence-electron chi connectivity index (χ3n) is 5.71. The van der Waals surface area contributed by atoms with E-state index in [1.807, 2.05) is 42.1 Å². The van der Waals surface area contributed by atoms with Gasteiger partial charge in [-0.3, -0.25) is 9.69 Å². The van der Waals surface area contributed by atoms with E-state index in [2.05, 4.69) is 10.2 Å². The van der Waals surface area contributed by atoms with Crippen molar-refractivity contribution >= 4 is 42.5 Å². The maximum atomic E-state index is 12.5. The van der Waals surface area contributed by atoms with Crippen LogP contribution in [0.15, 0.2) is 30.3 Å². The zero-order valence-corrected chi connectivity index (χ0v) is 18.3. The first-order valence-electron chi connectivity index (χ1n) is 9.60. The number of thioether (sulfide) groups is 1. The van der Waals surface area contributed by atoms with Gasteiger partial charge in [0.15, 0.2) is 0 Å². The van der Waals surface area contributed by atoms with Crippen molar-refractivity contribution < 1.29 is 4.79 Å². The zero-order valence-electron chi connectivity index (χ0n) is 15.9. The lowest BCUT2D eigenvalue weighted by atomic mass is 9.80. The molecule has 27 heavy (non-hydrogen) atoms. The maximum absolute atomic E-state index is 12.5. The van der Waals surface area contributed by atoms with Crippen LogP contribution in [0.25, 0.3) is 0 Å². The van der Waals surface area contributed by atoms with E-state index in [1.165, 1.54) is 43.6 Å². The molecule has 4 nitrogen and oxygen atoms in total. The van der Waals surface area contributed by atoms with Gasteiger partial charge in [-0.05, 0) is 18.4 Å². The van der Waals surface area contributed by atoms with E-state index in [0.717, 1.165) is 25.2 Å². The van der Waals surface area contributed by atoms with Gasteiger partial charge in [0.1, 0.15) is 0 Å². The third kappa shape index (κ3) is 6.82. The molecule has 1 saturated heterocycles. The van der Waals surface area contributed by atoms with E-state index in [1.54, 1.807) is 0 Å². The van der Waals surface area contributed by atoms with Gasteiger partial charge in [-0.1, -0.05) is 49.6 Å². The van der Waals surface area contributed by atoms with Crippen LogP contribution in [0, 0.1) is 0 Å². The number of hydrogen-bond acceptors (Lipinski definition) is 4. The fourth-order valence-electron chi connectivity index (χ4n) is 4.21. The molecule has 1 heterocycles. The highest BCUT2D eigenvalue weighted by molar-refractivity contribution is 7.99. The number of nitrogens with two attached hydrogens (primary N) is 1. The molecule has 1 atom stereocenters. The molecule has 2 aliphatic rings. The van der Waals surface area contributed by atoms with Crippen molar-refractivity contribution in [3.63, 3.8) is 0 Å².